The lowest BCUT2D eigenvalue weighted by atomic mass is 10.0. The van der Waals surface area contributed by atoms with Crippen LogP contribution < -0.4 is 0 Å². The van der Waals surface area contributed by atoms with Gasteiger partial charge in [0.1, 0.15) is 0 Å². The highest BCUT2D eigenvalue weighted by Gasteiger charge is 2.15. The molecule has 0 aliphatic heterocycles. The minimum atomic E-state index is 0.888. The largest absolute Gasteiger partial charge is 0.328 e. The monoisotopic (exact) mass is 247 g/mol. The average molecular weight is 247 g/mol. The van der Waals surface area contributed by atoms with Gasteiger partial charge in [0.2, 0.25) is 0 Å². The molecular weight excluding hydrogens is 230 g/mol. The summed E-state index contributed by atoms with van der Waals surface area (Å²) in [5, 5.41) is 3.41. The van der Waals surface area contributed by atoms with Crippen LogP contribution in [0.25, 0.3) is 0 Å². The molecule has 3 rings (SSSR count). The highest BCUT2D eigenvalue weighted by molar-refractivity contribution is 7.09. The molecule has 90 valence electrons. The predicted octanol–water partition coefficient (Wildman–Crippen LogP) is 2.83. The first-order chi connectivity index (χ1) is 8.36. The average Bonchev–Trinajstić information content (AvgIpc) is 2.97. The molecule has 0 spiro atoms. The van der Waals surface area contributed by atoms with Crippen molar-refractivity contribution in [1.82, 2.24) is 14.5 Å². The second kappa shape index (κ2) is 4.61. The van der Waals surface area contributed by atoms with Gasteiger partial charge in [0.15, 0.2) is 0 Å². The zero-order chi connectivity index (χ0) is 11.7. The van der Waals surface area contributed by atoms with E-state index in [-0.39, 0.29) is 0 Å². The highest BCUT2D eigenvalue weighted by Crippen LogP contribution is 2.21. The van der Waals surface area contributed by atoms with Crippen molar-refractivity contribution in [3.8, 4) is 0 Å². The van der Waals surface area contributed by atoms with Gasteiger partial charge in [-0.1, -0.05) is 6.92 Å². The van der Waals surface area contributed by atoms with Crippen LogP contribution in [0.4, 0.5) is 0 Å². The van der Waals surface area contributed by atoms with Crippen LogP contribution in [-0.2, 0) is 25.8 Å². The summed E-state index contributed by atoms with van der Waals surface area (Å²) in [5.41, 5.74) is 3.92. The Bertz CT molecular complexity index is 512. The van der Waals surface area contributed by atoms with E-state index in [9.17, 15) is 0 Å². The van der Waals surface area contributed by atoms with E-state index in [2.05, 4.69) is 26.8 Å². The first kappa shape index (κ1) is 11.0. The van der Waals surface area contributed by atoms with E-state index in [1.807, 2.05) is 6.33 Å². The lowest BCUT2D eigenvalue weighted by Crippen LogP contribution is -2.09. The molecule has 0 saturated heterocycles. The Labute approximate surface area is 106 Å². The highest BCUT2D eigenvalue weighted by atomic mass is 32.1. The van der Waals surface area contributed by atoms with Crippen LogP contribution in [0.15, 0.2) is 11.7 Å². The third kappa shape index (κ3) is 2.14. The Hall–Kier alpha value is -1.16. The van der Waals surface area contributed by atoms with E-state index in [1.165, 1.54) is 41.4 Å². The molecule has 2 heterocycles. The number of hydrogen-bond acceptors (Lipinski definition) is 3. The summed E-state index contributed by atoms with van der Waals surface area (Å²) in [5.74, 6) is 0. The van der Waals surface area contributed by atoms with Gasteiger partial charge in [0, 0.05) is 11.1 Å². The summed E-state index contributed by atoms with van der Waals surface area (Å²) in [4.78, 5) is 9.14. The maximum absolute atomic E-state index is 4.62. The molecule has 0 fully saturated rings. The van der Waals surface area contributed by atoms with Gasteiger partial charge in [0.05, 0.1) is 29.3 Å². The lowest BCUT2D eigenvalue weighted by Gasteiger charge is -2.13. The van der Waals surface area contributed by atoms with Crippen LogP contribution >= 0.6 is 11.3 Å². The SMILES string of the molecule is CCc1nc(Cn2cnc3c2CCCC3)cs1. The zero-order valence-electron chi connectivity index (χ0n) is 10.1. The van der Waals surface area contributed by atoms with Crippen LogP contribution in [0.5, 0.6) is 0 Å². The Balaban J connectivity index is 1.82. The Kier molecular flexibility index (Phi) is 2.97. The first-order valence-corrected chi connectivity index (χ1v) is 7.21. The number of nitrogens with zero attached hydrogens (tertiary/aromatic N) is 3. The van der Waals surface area contributed by atoms with Crippen molar-refractivity contribution in [2.45, 2.75) is 45.6 Å². The fourth-order valence-corrected chi connectivity index (χ4v) is 3.16. The number of fused-ring (bicyclic) bond motifs is 1. The molecule has 2 aromatic rings. The minimum absolute atomic E-state index is 0.888. The van der Waals surface area contributed by atoms with E-state index in [4.69, 9.17) is 0 Å². The van der Waals surface area contributed by atoms with Crippen LogP contribution in [-0.4, -0.2) is 14.5 Å². The molecule has 2 aromatic heterocycles. The molecule has 1 aliphatic rings. The number of thiazole rings is 1. The van der Waals surface area contributed by atoms with Crippen molar-refractivity contribution in [2.24, 2.45) is 0 Å². The fourth-order valence-electron chi connectivity index (χ4n) is 2.43. The lowest BCUT2D eigenvalue weighted by molar-refractivity contribution is 0.625. The van der Waals surface area contributed by atoms with Crippen LogP contribution in [0.2, 0.25) is 0 Å². The van der Waals surface area contributed by atoms with Crippen molar-refractivity contribution in [3.05, 3.63) is 33.8 Å². The molecule has 0 unspecified atom stereocenters. The molecule has 0 N–H and O–H groups in total. The second-order valence-electron chi connectivity index (χ2n) is 4.56. The van der Waals surface area contributed by atoms with Gasteiger partial charge in [-0.05, 0) is 32.1 Å². The molecular formula is C13H17N3S. The second-order valence-corrected chi connectivity index (χ2v) is 5.50. The third-order valence-corrected chi connectivity index (χ3v) is 4.39. The molecule has 0 amide bonds. The first-order valence-electron chi connectivity index (χ1n) is 6.33. The molecule has 1 aliphatic carbocycles. The molecule has 0 saturated carbocycles. The summed E-state index contributed by atoms with van der Waals surface area (Å²) in [6, 6.07) is 0. The van der Waals surface area contributed by atoms with E-state index < -0.39 is 0 Å². The van der Waals surface area contributed by atoms with Crippen molar-refractivity contribution in [3.63, 3.8) is 0 Å². The summed E-state index contributed by atoms with van der Waals surface area (Å²) >= 11 is 1.76. The summed E-state index contributed by atoms with van der Waals surface area (Å²) in [7, 11) is 0. The van der Waals surface area contributed by atoms with Crippen LogP contribution in [0.1, 0.15) is 41.9 Å². The van der Waals surface area contributed by atoms with Crippen LogP contribution in [0, 0.1) is 0 Å². The molecule has 4 heteroatoms. The maximum atomic E-state index is 4.62. The molecule has 3 nitrogen and oxygen atoms in total. The molecule has 0 aromatic carbocycles. The Morgan fingerprint density at radius 3 is 3.06 bits per heavy atom. The van der Waals surface area contributed by atoms with Gasteiger partial charge < -0.3 is 4.57 Å². The molecule has 0 bridgehead atoms. The van der Waals surface area contributed by atoms with E-state index in [1.54, 1.807) is 11.3 Å². The Morgan fingerprint density at radius 2 is 2.24 bits per heavy atom. The van der Waals surface area contributed by atoms with Gasteiger partial charge in [0.25, 0.3) is 0 Å². The maximum Gasteiger partial charge on any atom is 0.0955 e. The normalized spacial score (nSPS) is 14.9. The topological polar surface area (TPSA) is 30.7 Å². The third-order valence-electron chi connectivity index (χ3n) is 3.34. The predicted molar refractivity (Wildman–Crippen MR) is 69.5 cm³/mol. The van der Waals surface area contributed by atoms with Crippen molar-refractivity contribution in [2.75, 3.05) is 0 Å². The zero-order valence-corrected chi connectivity index (χ0v) is 11.0. The number of imidazole rings is 1. The summed E-state index contributed by atoms with van der Waals surface area (Å²) < 4.78 is 2.28. The molecule has 0 atom stereocenters. The van der Waals surface area contributed by atoms with Crippen LogP contribution in [0.3, 0.4) is 0 Å². The summed E-state index contributed by atoms with van der Waals surface area (Å²) in [6.07, 6.45) is 7.95. The fraction of sp³-hybridized carbons (Fsp3) is 0.538. The van der Waals surface area contributed by atoms with Gasteiger partial charge in [-0.3, -0.25) is 0 Å². The number of aromatic nitrogens is 3. The number of hydrogen-bond donors (Lipinski definition) is 0. The smallest absolute Gasteiger partial charge is 0.0955 e. The van der Waals surface area contributed by atoms with E-state index in [0.717, 1.165) is 19.4 Å². The number of rotatable bonds is 3. The molecule has 0 radical (unpaired) electrons. The van der Waals surface area contributed by atoms with Gasteiger partial charge in [-0.15, -0.1) is 11.3 Å². The molecule has 17 heavy (non-hydrogen) atoms. The van der Waals surface area contributed by atoms with Gasteiger partial charge in [-0.2, -0.15) is 0 Å². The standard InChI is InChI=1S/C13H17N3S/c1-2-13-15-10(8-17-13)7-16-9-14-11-5-3-4-6-12(11)16/h8-9H,2-7H2,1H3. The van der Waals surface area contributed by atoms with E-state index >= 15 is 0 Å². The van der Waals surface area contributed by atoms with Crippen molar-refractivity contribution in [1.29, 1.82) is 0 Å². The Morgan fingerprint density at radius 1 is 1.35 bits per heavy atom. The minimum Gasteiger partial charge on any atom is -0.328 e. The van der Waals surface area contributed by atoms with E-state index in [0.29, 0.717) is 0 Å². The van der Waals surface area contributed by atoms with Gasteiger partial charge in [-0.25, -0.2) is 9.97 Å². The summed E-state index contributed by atoms with van der Waals surface area (Å²) in [6.45, 7) is 3.04. The van der Waals surface area contributed by atoms with Gasteiger partial charge >= 0.3 is 0 Å². The number of aryl methyl sites for hydroxylation is 2. The quantitative estimate of drug-likeness (QED) is 0.835. The van der Waals surface area contributed by atoms with Crippen molar-refractivity contribution < 1.29 is 0 Å². The van der Waals surface area contributed by atoms with Crippen molar-refractivity contribution >= 4 is 11.3 Å².